The quantitative estimate of drug-likeness (QED) is 0.779. The Balaban J connectivity index is 0.00000324. The van der Waals surface area contributed by atoms with Gasteiger partial charge in [-0.15, -0.1) is 12.4 Å². The summed E-state index contributed by atoms with van der Waals surface area (Å²) in [6, 6.07) is -0.485. The van der Waals surface area contributed by atoms with Gasteiger partial charge in [0.15, 0.2) is 0 Å². The van der Waals surface area contributed by atoms with Crippen molar-refractivity contribution in [1.82, 2.24) is 9.80 Å². The first-order chi connectivity index (χ1) is 8.23. The molecule has 0 saturated carbocycles. The summed E-state index contributed by atoms with van der Waals surface area (Å²) in [7, 11) is 0. The van der Waals surface area contributed by atoms with Crippen molar-refractivity contribution in [3.8, 4) is 0 Å². The zero-order valence-corrected chi connectivity index (χ0v) is 13.1. The van der Waals surface area contributed by atoms with Gasteiger partial charge in [-0.1, -0.05) is 20.8 Å². The molecule has 1 aliphatic heterocycles. The average Bonchev–Trinajstić information content (AvgIpc) is 2.51. The third-order valence-corrected chi connectivity index (χ3v) is 3.45. The van der Waals surface area contributed by atoms with Gasteiger partial charge >= 0.3 is 0 Å². The lowest BCUT2D eigenvalue weighted by atomic mass is 9.86. The van der Waals surface area contributed by atoms with Crippen LogP contribution in [-0.2, 0) is 9.59 Å². The minimum absolute atomic E-state index is 0. The van der Waals surface area contributed by atoms with Crippen molar-refractivity contribution in [1.29, 1.82) is 0 Å². The van der Waals surface area contributed by atoms with Crippen LogP contribution in [0.2, 0.25) is 0 Å². The van der Waals surface area contributed by atoms with Gasteiger partial charge in [-0.2, -0.15) is 0 Å². The third kappa shape index (κ3) is 4.99. The summed E-state index contributed by atoms with van der Waals surface area (Å²) in [6.45, 7) is 10.1. The topological polar surface area (TPSA) is 66.6 Å². The highest BCUT2D eigenvalue weighted by atomic mass is 35.5. The molecule has 1 saturated heterocycles. The zero-order chi connectivity index (χ0) is 13.9. The number of hydrogen-bond acceptors (Lipinski definition) is 3. The van der Waals surface area contributed by atoms with E-state index in [0.717, 1.165) is 13.0 Å². The van der Waals surface area contributed by atoms with Crippen molar-refractivity contribution in [3.05, 3.63) is 0 Å². The van der Waals surface area contributed by atoms with Crippen LogP contribution in [0.3, 0.4) is 0 Å². The number of rotatable bonds is 1. The normalized spacial score (nSPS) is 18.4. The standard InChI is InChI=1S/C13H25N3O2.ClH/c1-10(17)15-6-5-7-16(9-8-15)12(18)11(14)13(2,3)4;/h11H,5-9,14H2,1-4H3;1H/t11-;/m1./s1. The molecule has 2 N–H and O–H groups in total. The maximum atomic E-state index is 12.3. The predicted octanol–water partition coefficient (Wildman–Crippen LogP) is 0.862. The van der Waals surface area contributed by atoms with Crippen molar-refractivity contribution in [2.75, 3.05) is 26.2 Å². The van der Waals surface area contributed by atoms with Gasteiger partial charge in [0.05, 0.1) is 6.04 Å². The number of nitrogens with two attached hydrogens (primary N) is 1. The Bertz CT molecular complexity index is 328. The fourth-order valence-corrected chi connectivity index (χ4v) is 2.02. The molecule has 0 unspecified atom stereocenters. The van der Waals surface area contributed by atoms with Crippen molar-refractivity contribution in [2.45, 2.75) is 40.2 Å². The van der Waals surface area contributed by atoms with Gasteiger partial charge in [0.1, 0.15) is 0 Å². The van der Waals surface area contributed by atoms with Crippen molar-refractivity contribution in [2.24, 2.45) is 11.1 Å². The van der Waals surface area contributed by atoms with E-state index in [4.69, 9.17) is 5.73 Å². The van der Waals surface area contributed by atoms with Crippen molar-refractivity contribution >= 4 is 24.2 Å². The van der Waals surface area contributed by atoms with Gasteiger partial charge in [0, 0.05) is 33.1 Å². The van der Waals surface area contributed by atoms with Crippen molar-refractivity contribution in [3.63, 3.8) is 0 Å². The Kier molecular flexibility index (Phi) is 6.80. The van der Waals surface area contributed by atoms with Crippen LogP contribution in [-0.4, -0.2) is 53.8 Å². The van der Waals surface area contributed by atoms with Crippen LogP contribution in [0.1, 0.15) is 34.1 Å². The second-order valence-corrected chi connectivity index (χ2v) is 6.03. The zero-order valence-electron chi connectivity index (χ0n) is 12.3. The molecule has 0 aliphatic carbocycles. The van der Waals surface area contributed by atoms with Gasteiger partial charge < -0.3 is 15.5 Å². The van der Waals surface area contributed by atoms with Crippen LogP contribution in [0, 0.1) is 5.41 Å². The van der Waals surface area contributed by atoms with Gasteiger partial charge in [0.2, 0.25) is 11.8 Å². The monoisotopic (exact) mass is 291 g/mol. The molecule has 0 aromatic rings. The van der Waals surface area contributed by atoms with Gasteiger partial charge in [-0.05, 0) is 11.8 Å². The summed E-state index contributed by atoms with van der Waals surface area (Å²) in [5, 5.41) is 0. The molecule has 0 radical (unpaired) electrons. The van der Waals surface area contributed by atoms with E-state index in [2.05, 4.69) is 0 Å². The van der Waals surface area contributed by atoms with E-state index < -0.39 is 6.04 Å². The number of halogens is 1. The average molecular weight is 292 g/mol. The van der Waals surface area contributed by atoms with Gasteiger partial charge in [-0.25, -0.2) is 0 Å². The number of hydrogen-bond donors (Lipinski definition) is 1. The molecular formula is C13H26ClN3O2. The van der Waals surface area contributed by atoms with Crippen LogP contribution >= 0.6 is 12.4 Å². The minimum Gasteiger partial charge on any atom is -0.341 e. The fraction of sp³-hybridized carbons (Fsp3) is 0.846. The second-order valence-electron chi connectivity index (χ2n) is 6.03. The summed E-state index contributed by atoms with van der Waals surface area (Å²) in [4.78, 5) is 27.2. The molecule has 0 spiro atoms. The molecule has 0 aromatic heterocycles. The van der Waals surface area contributed by atoms with Gasteiger partial charge in [0.25, 0.3) is 0 Å². The van der Waals surface area contributed by atoms with E-state index in [-0.39, 0.29) is 29.6 Å². The van der Waals surface area contributed by atoms with E-state index in [9.17, 15) is 9.59 Å². The molecule has 0 bridgehead atoms. The first-order valence-electron chi connectivity index (χ1n) is 6.53. The second kappa shape index (κ2) is 7.10. The maximum Gasteiger partial charge on any atom is 0.240 e. The molecule has 0 aromatic carbocycles. The van der Waals surface area contributed by atoms with E-state index in [1.165, 1.54) is 0 Å². The first kappa shape index (κ1) is 18.2. The number of carbonyl (C=O) groups is 2. The van der Waals surface area contributed by atoms with Crippen LogP contribution in [0.5, 0.6) is 0 Å². The molecule has 1 heterocycles. The molecule has 19 heavy (non-hydrogen) atoms. The highest BCUT2D eigenvalue weighted by Crippen LogP contribution is 2.19. The van der Waals surface area contributed by atoms with Crippen molar-refractivity contribution < 1.29 is 9.59 Å². The summed E-state index contributed by atoms with van der Waals surface area (Å²) in [6.07, 6.45) is 0.822. The smallest absolute Gasteiger partial charge is 0.240 e. The molecule has 5 nitrogen and oxygen atoms in total. The summed E-state index contributed by atoms with van der Waals surface area (Å²) < 4.78 is 0. The molecule has 1 fully saturated rings. The maximum absolute atomic E-state index is 12.3. The SMILES string of the molecule is CC(=O)N1CCCN(C(=O)[C@@H](N)C(C)(C)C)CC1.Cl. The van der Waals surface area contributed by atoms with Crippen LogP contribution in [0.15, 0.2) is 0 Å². The lowest BCUT2D eigenvalue weighted by Gasteiger charge is -2.31. The number of carbonyl (C=O) groups excluding carboxylic acids is 2. The van der Waals surface area contributed by atoms with E-state index >= 15 is 0 Å². The Morgan fingerprint density at radius 3 is 2.00 bits per heavy atom. The van der Waals surface area contributed by atoms with E-state index in [0.29, 0.717) is 19.6 Å². The van der Waals surface area contributed by atoms with Gasteiger partial charge in [-0.3, -0.25) is 9.59 Å². The van der Waals surface area contributed by atoms with Crippen LogP contribution in [0.25, 0.3) is 0 Å². The molecule has 2 amide bonds. The van der Waals surface area contributed by atoms with E-state index in [1.54, 1.807) is 16.7 Å². The summed E-state index contributed by atoms with van der Waals surface area (Å²) in [5.41, 5.74) is 5.77. The molecule has 1 rings (SSSR count). The summed E-state index contributed by atoms with van der Waals surface area (Å²) >= 11 is 0. The van der Waals surface area contributed by atoms with Crippen LogP contribution in [0.4, 0.5) is 0 Å². The largest absolute Gasteiger partial charge is 0.341 e. The van der Waals surface area contributed by atoms with E-state index in [1.807, 2.05) is 20.8 Å². The highest BCUT2D eigenvalue weighted by molar-refractivity contribution is 5.85. The Morgan fingerprint density at radius 2 is 1.53 bits per heavy atom. The third-order valence-electron chi connectivity index (χ3n) is 3.45. The molecule has 1 atom stereocenters. The Labute approximate surface area is 121 Å². The predicted molar refractivity (Wildman–Crippen MR) is 78.1 cm³/mol. The number of amides is 2. The summed E-state index contributed by atoms with van der Waals surface area (Å²) in [5.74, 6) is 0.0670. The minimum atomic E-state index is -0.485. The highest BCUT2D eigenvalue weighted by Gasteiger charge is 2.31. The fourth-order valence-electron chi connectivity index (χ4n) is 2.02. The Hall–Kier alpha value is -0.810. The lowest BCUT2D eigenvalue weighted by molar-refractivity contribution is -0.135. The Morgan fingerprint density at radius 1 is 1.05 bits per heavy atom. The molecule has 6 heteroatoms. The molecular weight excluding hydrogens is 266 g/mol. The van der Waals surface area contributed by atoms with Crippen LogP contribution < -0.4 is 5.73 Å². The lowest BCUT2D eigenvalue weighted by Crippen LogP contribution is -2.51. The number of nitrogens with zero attached hydrogens (tertiary/aromatic N) is 2. The molecule has 112 valence electrons. The first-order valence-corrected chi connectivity index (χ1v) is 6.53. The molecule has 1 aliphatic rings.